The van der Waals surface area contributed by atoms with Crippen LogP contribution in [0, 0.1) is 0 Å². The first-order chi connectivity index (χ1) is 4.45. The summed E-state index contributed by atoms with van der Waals surface area (Å²) < 4.78 is 0. The zero-order valence-electron chi connectivity index (χ0n) is 4.81. The van der Waals surface area contributed by atoms with Crippen LogP contribution in [-0.2, 0) is 0 Å². The van der Waals surface area contributed by atoms with Crippen LogP contribution in [0.25, 0.3) is 0 Å². The number of hydrogen-bond acceptors (Lipinski definition) is 0. The minimum absolute atomic E-state index is 0.518. The number of fused-ring (bicyclic) bond motifs is 2. The van der Waals surface area contributed by atoms with E-state index in [2.05, 4.69) is 11.1 Å². The highest BCUT2D eigenvalue weighted by Gasteiger charge is 2.51. The molecule has 2 atom stereocenters. The molecule has 2 bridgehead atoms. The Bertz CT molecular complexity index is 189. The van der Waals surface area contributed by atoms with Crippen molar-refractivity contribution in [2.75, 3.05) is 0 Å². The summed E-state index contributed by atoms with van der Waals surface area (Å²) in [6.45, 7) is 0. The maximum Gasteiger partial charge on any atom is 0.0438 e. The van der Waals surface area contributed by atoms with E-state index in [9.17, 15) is 0 Å². The van der Waals surface area contributed by atoms with E-state index in [0.29, 0.717) is 15.2 Å². The molecule has 0 spiro atoms. The predicted octanol–water partition coefficient (Wildman–Crippen LogP) is 3.36. The summed E-state index contributed by atoms with van der Waals surface area (Å²) in [6, 6.07) is 0. The fourth-order valence-corrected chi connectivity index (χ4v) is 17.3. The van der Waals surface area contributed by atoms with Gasteiger partial charge in [-0.3, -0.25) is 0 Å². The molecule has 2 unspecified atom stereocenters. The van der Waals surface area contributed by atoms with Gasteiger partial charge in [-0.05, 0) is 32.7 Å². The third-order valence-corrected chi connectivity index (χ3v) is 14.4. The third-order valence-electron chi connectivity index (χ3n) is 1.96. The van der Waals surface area contributed by atoms with Crippen molar-refractivity contribution in [3.05, 3.63) is 0 Å². The largest absolute Gasteiger partial charge is 0.0910 e. The van der Waals surface area contributed by atoms with Crippen LogP contribution in [0.5, 0.6) is 0 Å². The van der Waals surface area contributed by atoms with Crippen LogP contribution < -0.4 is 0 Å². The molecule has 0 radical (unpaired) electrons. The lowest BCUT2D eigenvalue weighted by molar-refractivity contribution is 1.04. The van der Waals surface area contributed by atoms with E-state index < -0.39 is 0 Å². The molecule has 9 heavy (non-hydrogen) atoms. The van der Waals surface area contributed by atoms with Gasteiger partial charge in [0.2, 0.25) is 0 Å². The molecule has 0 saturated carbocycles. The Labute approximate surface area is 60.4 Å². The molecule has 46 valence electrons. The minimum Gasteiger partial charge on any atom is -0.0910 e. The quantitative estimate of drug-likeness (QED) is 0.513. The Kier molecular flexibility index (Phi) is 1.20. The second-order valence-corrected chi connectivity index (χ2v) is 12.5. The molecule has 3 heterocycles. The Morgan fingerprint density at radius 3 is 2.44 bits per heavy atom. The maximum atomic E-state index is 2.64. The third kappa shape index (κ3) is 0.751. The van der Waals surface area contributed by atoms with Gasteiger partial charge >= 0.3 is 0 Å². The van der Waals surface area contributed by atoms with Gasteiger partial charge in [0.05, 0.1) is 0 Å². The van der Waals surface area contributed by atoms with Crippen LogP contribution in [0.4, 0.5) is 0 Å². The highest BCUT2D eigenvalue weighted by Crippen LogP contribution is 2.97. The molecule has 0 aliphatic carbocycles. The summed E-state index contributed by atoms with van der Waals surface area (Å²) >= 11 is 0. The van der Waals surface area contributed by atoms with E-state index in [0.717, 1.165) is 5.40 Å². The molecule has 3 aliphatic heterocycles. The van der Waals surface area contributed by atoms with E-state index in [1.54, 1.807) is 22.8 Å². The molecule has 3 aliphatic rings. The van der Waals surface area contributed by atoms with Gasteiger partial charge in [-0.25, -0.2) is 0 Å². The molecule has 0 aromatic heterocycles. The molecular weight excluding hydrogens is 184 g/mol. The Morgan fingerprint density at radius 2 is 1.89 bits per heavy atom. The molecule has 0 nitrogen and oxygen atoms in total. The van der Waals surface area contributed by atoms with Crippen LogP contribution in [0.1, 0.15) is 6.42 Å². The molecule has 1 saturated heterocycles. The SMILES string of the molecule is C1=PC2CC3P1P3C=P2. The fraction of sp³-hybridized carbons (Fsp3) is 0.600. The second kappa shape index (κ2) is 1.87. The molecule has 0 amide bonds. The van der Waals surface area contributed by atoms with Crippen LogP contribution >= 0.6 is 31.6 Å². The van der Waals surface area contributed by atoms with Gasteiger partial charge in [0.25, 0.3) is 0 Å². The lowest BCUT2D eigenvalue weighted by atomic mass is 10.5. The van der Waals surface area contributed by atoms with E-state index in [-0.39, 0.29) is 0 Å². The summed E-state index contributed by atoms with van der Waals surface area (Å²) in [5.74, 6) is 0. The van der Waals surface area contributed by atoms with Gasteiger partial charge < -0.3 is 0 Å². The summed E-state index contributed by atoms with van der Waals surface area (Å²) in [4.78, 5) is 0. The van der Waals surface area contributed by atoms with Crippen LogP contribution in [-0.4, -0.2) is 21.9 Å². The first-order valence-corrected chi connectivity index (χ1v) is 8.81. The first-order valence-electron chi connectivity index (χ1n) is 3.08. The van der Waals surface area contributed by atoms with Crippen molar-refractivity contribution in [2.24, 2.45) is 0 Å². The molecular formula is C5H6P4. The number of rotatable bonds is 0. The standard InChI is InChI=1S/C5H6P4/c1-4-6-2-8-5(1)9(8)3-7-4/h2-5H,1H2. The summed E-state index contributed by atoms with van der Waals surface area (Å²) in [7, 11) is 4.40. The highest BCUT2D eigenvalue weighted by molar-refractivity contribution is 8.59. The van der Waals surface area contributed by atoms with Gasteiger partial charge in [-0.1, -0.05) is 16.4 Å². The van der Waals surface area contributed by atoms with Crippen molar-refractivity contribution in [1.29, 1.82) is 0 Å². The van der Waals surface area contributed by atoms with E-state index in [1.807, 2.05) is 0 Å². The lowest BCUT2D eigenvalue weighted by Crippen LogP contribution is -1.97. The van der Waals surface area contributed by atoms with E-state index in [1.165, 1.54) is 5.40 Å². The fourth-order valence-electron chi connectivity index (χ4n) is 1.37. The van der Waals surface area contributed by atoms with Gasteiger partial charge in [0.15, 0.2) is 0 Å². The average molecular weight is 190 g/mol. The van der Waals surface area contributed by atoms with Crippen molar-refractivity contribution in [2.45, 2.75) is 17.2 Å². The van der Waals surface area contributed by atoms with Gasteiger partial charge in [0, 0.05) is 10.8 Å². The zero-order valence-corrected chi connectivity index (χ0v) is 8.38. The van der Waals surface area contributed by atoms with Crippen LogP contribution in [0.3, 0.4) is 0 Å². The summed E-state index contributed by atoms with van der Waals surface area (Å²) in [6.07, 6.45) is 1.59. The van der Waals surface area contributed by atoms with Gasteiger partial charge in [-0.15, -0.1) is 0 Å². The maximum absolute atomic E-state index is 2.64. The van der Waals surface area contributed by atoms with Crippen LogP contribution in [0.2, 0.25) is 0 Å². The lowest BCUT2D eigenvalue weighted by Gasteiger charge is -2.09. The molecule has 0 aromatic carbocycles. The Hall–Kier alpha value is 1.20. The Morgan fingerprint density at radius 1 is 1.22 bits per heavy atom. The van der Waals surface area contributed by atoms with E-state index >= 15 is 0 Å². The first kappa shape index (κ1) is 5.80. The average Bonchev–Trinajstić information content (AvgIpc) is 2.62. The Balaban J connectivity index is 2.15. The van der Waals surface area contributed by atoms with Crippen molar-refractivity contribution in [3.63, 3.8) is 0 Å². The van der Waals surface area contributed by atoms with Gasteiger partial charge in [-0.2, -0.15) is 0 Å². The van der Waals surface area contributed by atoms with Gasteiger partial charge in [0.1, 0.15) is 0 Å². The zero-order chi connectivity index (χ0) is 5.84. The molecule has 0 aromatic rings. The molecule has 4 heteroatoms. The second-order valence-electron chi connectivity index (χ2n) is 2.49. The summed E-state index contributed by atoms with van der Waals surface area (Å²) in [5, 5.41) is 2.28. The van der Waals surface area contributed by atoms with Crippen LogP contribution in [0.15, 0.2) is 0 Å². The molecule has 0 N–H and O–H groups in total. The molecule has 1 fully saturated rings. The van der Waals surface area contributed by atoms with Crippen molar-refractivity contribution < 1.29 is 0 Å². The van der Waals surface area contributed by atoms with Crippen molar-refractivity contribution >= 4 is 42.7 Å². The smallest absolute Gasteiger partial charge is 0.0438 e. The van der Waals surface area contributed by atoms with Crippen molar-refractivity contribution in [3.8, 4) is 0 Å². The summed E-state index contributed by atoms with van der Waals surface area (Å²) in [5.41, 5.74) is 5.27. The normalized spacial score (nSPS) is 61.3. The predicted molar refractivity (Wildman–Crippen MR) is 52.0 cm³/mol. The van der Waals surface area contributed by atoms with Crippen molar-refractivity contribution in [1.82, 2.24) is 0 Å². The highest BCUT2D eigenvalue weighted by atomic mass is 32.1. The number of hydrogen-bond donors (Lipinski definition) is 0. The monoisotopic (exact) mass is 190 g/mol. The minimum atomic E-state index is 0.518. The molecule has 3 rings (SSSR count). The topological polar surface area (TPSA) is 0 Å². The van der Waals surface area contributed by atoms with E-state index in [4.69, 9.17) is 0 Å².